The third-order valence-electron chi connectivity index (χ3n) is 4.47. The molecule has 0 bridgehead atoms. The molecule has 0 aliphatic rings. The van der Waals surface area contributed by atoms with Gasteiger partial charge < -0.3 is 4.40 Å². The van der Waals surface area contributed by atoms with E-state index in [4.69, 9.17) is 4.98 Å². The lowest BCUT2D eigenvalue weighted by Crippen LogP contribution is -2.15. The number of nitrogens with one attached hydrogen (secondary N) is 1. The van der Waals surface area contributed by atoms with Gasteiger partial charge in [0.15, 0.2) is 11.3 Å². The number of nitrogens with zero attached hydrogens (tertiary/aromatic N) is 7. The molecule has 8 heteroatoms. The molecular formula is C18H18N8. The lowest BCUT2D eigenvalue weighted by Gasteiger charge is -2.15. The molecule has 0 amide bonds. The maximum atomic E-state index is 4.76. The summed E-state index contributed by atoms with van der Waals surface area (Å²) in [5.74, 6) is 0. The van der Waals surface area contributed by atoms with Crippen LogP contribution in [0.1, 0.15) is 25.5 Å². The molecule has 130 valence electrons. The molecule has 0 saturated carbocycles. The molecule has 0 spiro atoms. The van der Waals surface area contributed by atoms with Crippen LogP contribution in [-0.4, -0.2) is 38.9 Å². The number of H-pyrrole nitrogens is 1. The van der Waals surface area contributed by atoms with Crippen LogP contribution in [0.5, 0.6) is 0 Å². The van der Waals surface area contributed by atoms with E-state index in [1.807, 2.05) is 38.4 Å². The molecule has 0 aliphatic carbocycles. The summed E-state index contributed by atoms with van der Waals surface area (Å²) in [6.07, 6.45) is 11.4. The van der Waals surface area contributed by atoms with E-state index in [2.05, 4.69) is 46.3 Å². The first-order valence-electron chi connectivity index (χ1n) is 8.55. The van der Waals surface area contributed by atoms with Crippen LogP contribution in [-0.2, 0) is 6.54 Å². The molecule has 5 rings (SSSR count). The highest BCUT2D eigenvalue weighted by Crippen LogP contribution is 2.21. The van der Waals surface area contributed by atoms with Gasteiger partial charge in [0.2, 0.25) is 0 Å². The highest BCUT2D eigenvalue weighted by atomic mass is 15.4. The van der Waals surface area contributed by atoms with Crippen molar-refractivity contribution in [1.29, 1.82) is 0 Å². The number of hydrogen-bond donors (Lipinski definition) is 1. The maximum Gasteiger partial charge on any atom is 0.193 e. The topological polar surface area (TPSA) is 81.6 Å². The van der Waals surface area contributed by atoms with E-state index in [-0.39, 0.29) is 0 Å². The third kappa shape index (κ3) is 2.38. The van der Waals surface area contributed by atoms with Gasteiger partial charge in [0.1, 0.15) is 5.65 Å². The van der Waals surface area contributed by atoms with E-state index in [0.29, 0.717) is 12.6 Å². The molecule has 0 atom stereocenters. The van der Waals surface area contributed by atoms with Gasteiger partial charge in [-0.05, 0) is 25.5 Å². The number of imidazole rings is 1. The quantitative estimate of drug-likeness (QED) is 0.542. The maximum absolute atomic E-state index is 4.76. The molecule has 0 aliphatic heterocycles. The van der Waals surface area contributed by atoms with Crippen molar-refractivity contribution in [2.75, 3.05) is 0 Å². The molecule has 1 N–H and O–H groups in total. The van der Waals surface area contributed by atoms with Gasteiger partial charge in [-0.25, -0.2) is 15.0 Å². The predicted molar refractivity (Wildman–Crippen MR) is 97.8 cm³/mol. The van der Waals surface area contributed by atoms with E-state index in [0.717, 1.165) is 33.8 Å². The molecule has 5 heterocycles. The van der Waals surface area contributed by atoms with E-state index in [1.165, 1.54) is 0 Å². The normalized spacial score (nSPS) is 12.0. The number of pyridine rings is 1. The predicted octanol–water partition coefficient (Wildman–Crippen LogP) is 2.90. The van der Waals surface area contributed by atoms with Crippen LogP contribution in [0.4, 0.5) is 0 Å². The average molecular weight is 346 g/mol. The summed E-state index contributed by atoms with van der Waals surface area (Å²) in [5, 5.41) is 7.61. The number of aromatic nitrogens is 8. The number of fused-ring (bicyclic) bond motifs is 2. The van der Waals surface area contributed by atoms with E-state index < -0.39 is 0 Å². The first kappa shape index (κ1) is 14.9. The van der Waals surface area contributed by atoms with Crippen LogP contribution in [0.3, 0.4) is 0 Å². The van der Waals surface area contributed by atoms with Gasteiger partial charge in [0.05, 0.1) is 24.6 Å². The van der Waals surface area contributed by atoms with Gasteiger partial charge >= 0.3 is 0 Å². The molecular weight excluding hydrogens is 328 g/mol. The van der Waals surface area contributed by atoms with Gasteiger partial charge in [0.25, 0.3) is 0 Å². The zero-order valence-corrected chi connectivity index (χ0v) is 14.5. The number of aromatic amines is 1. The molecule has 0 fully saturated rings. The van der Waals surface area contributed by atoms with Crippen molar-refractivity contribution >= 4 is 16.9 Å². The summed E-state index contributed by atoms with van der Waals surface area (Å²) in [7, 11) is 0. The fourth-order valence-electron chi connectivity index (χ4n) is 3.02. The molecule has 0 saturated heterocycles. The van der Waals surface area contributed by atoms with Gasteiger partial charge in [-0.1, -0.05) is 6.07 Å². The number of hydrogen-bond acceptors (Lipinski definition) is 4. The minimum absolute atomic E-state index is 0.319. The number of rotatable bonds is 4. The van der Waals surface area contributed by atoms with Crippen molar-refractivity contribution in [3.8, 4) is 11.3 Å². The van der Waals surface area contributed by atoms with Crippen LogP contribution in [0.15, 0.2) is 49.3 Å². The second-order valence-electron chi connectivity index (χ2n) is 6.66. The largest absolute Gasteiger partial charge is 0.307 e. The molecule has 8 nitrogen and oxygen atoms in total. The first-order valence-corrected chi connectivity index (χ1v) is 8.55. The highest BCUT2D eigenvalue weighted by Gasteiger charge is 2.13. The Balaban J connectivity index is 1.47. The Kier molecular flexibility index (Phi) is 3.18. The van der Waals surface area contributed by atoms with Crippen LogP contribution >= 0.6 is 0 Å². The monoisotopic (exact) mass is 346 g/mol. The fourth-order valence-corrected chi connectivity index (χ4v) is 3.02. The van der Waals surface area contributed by atoms with Crippen molar-refractivity contribution in [1.82, 2.24) is 38.9 Å². The molecule has 26 heavy (non-hydrogen) atoms. The summed E-state index contributed by atoms with van der Waals surface area (Å²) < 4.78 is 5.93. The zero-order valence-electron chi connectivity index (χ0n) is 14.5. The Bertz CT molecular complexity index is 1200. The summed E-state index contributed by atoms with van der Waals surface area (Å²) >= 11 is 0. The second-order valence-corrected chi connectivity index (χ2v) is 6.66. The molecule has 0 radical (unpaired) electrons. The van der Waals surface area contributed by atoms with Crippen LogP contribution in [0.25, 0.3) is 28.2 Å². The fraction of sp³-hybridized carbons (Fsp3) is 0.222. The first-order chi connectivity index (χ1) is 12.7. The summed E-state index contributed by atoms with van der Waals surface area (Å²) in [5.41, 5.74) is 5.55. The molecule has 5 aromatic heterocycles. The smallest absolute Gasteiger partial charge is 0.193 e. The molecule has 0 unspecified atom stereocenters. The third-order valence-corrected chi connectivity index (χ3v) is 4.47. The van der Waals surface area contributed by atoms with Gasteiger partial charge in [0, 0.05) is 36.4 Å². The lowest BCUT2D eigenvalue weighted by molar-refractivity contribution is 0.532. The van der Waals surface area contributed by atoms with Crippen LogP contribution < -0.4 is 0 Å². The van der Waals surface area contributed by atoms with E-state index in [1.54, 1.807) is 12.4 Å². The minimum Gasteiger partial charge on any atom is -0.307 e. The van der Waals surface area contributed by atoms with Crippen LogP contribution in [0, 0.1) is 0 Å². The van der Waals surface area contributed by atoms with Gasteiger partial charge in [-0.3, -0.25) is 14.5 Å². The van der Waals surface area contributed by atoms with Crippen molar-refractivity contribution in [3.05, 3.63) is 54.9 Å². The van der Waals surface area contributed by atoms with Crippen LogP contribution in [0.2, 0.25) is 0 Å². The van der Waals surface area contributed by atoms with Crippen molar-refractivity contribution < 1.29 is 0 Å². The summed E-state index contributed by atoms with van der Waals surface area (Å²) in [4.78, 5) is 13.5. The van der Waals surface area contributed by atoms with Crippen molar-refractivity contribution in [2.24, 2.45) is 0 Å². The molecule has 0 aromatic carbocycles. The Labute approximate surface area is 149 Å². The second kappa shape index (κ2) is 5.55. The Morgan fingerprint density at radius 2 is 2.04 bits per heavy atom. The minimum atomic E-state index is 0.319. The lowest BCUT2D eigenvalue weighted by atomic mass is 10.2. The van der Waals surface area contributed by atoms with Crippen molar-refractivity contribution in [2.45, 2.75) is 26.4 Å². The summed E-state index contributed by atoms with van der Waals surface area (Å²) in [6.45, 7) is 4.90. The Hall–Kier alpha value is -3.42. The standard InChI is InChI=1S/C18H18N8/c1-12(2)25-11-14(7-21-25)15-8-20-17-18(22-15)26(23-17)10-13-3-4-16-19-5-6-24(16)9-13/h3-9,11-12H,10H2,1-2H3,(H,20,23). The van der Waals surface area contributed by atoms with Gasteiger partial charge in [-0.2, -0.15) is 5.10 Å². The van der Waals surface area contributed by atoms with Crippen molar-refractivity contribution in [3.63, 3.8) is 0 Å². The van der Waals surface area contributed by atoms with E-state index >= 15 is 0 Å². The zero-order chi connectivity index (χ0) is 17.7. The Morgan fingerprint density at radius 1 is 1.12 bits per heavy atom. The average Bonchev–Trinajstić information content (AvgIpc) is 3.28. The summed E-state index contributed by atoms with van der Waals surface area (Å²) in [6, 6.07) is 4.41. The SMILES string of the molecule is CC(C)n1cc(-c2cnc3[nH]n(Cc4ccc5nccn5c4)c3n2)cn1. The van der Waals surface area contributed by atoms with Gasteiger partial charge in [-0.15, -0.1) is 0 Å². The Morgan fingerprint density at radius 3 is 2.88 bits per heavy atom. The highest BCUT2D eigenvalue weighted by molar-refractivity contribution is 5.71. The molecule has 5 aromatic rings. The van der Waals surface area contributed by atoms with E-state index in [9.17, 15) is 0 Å².